The maximum absolute atomic E-state index is 12.9. The Morgan fingerprint density at radius 1 is 1.26 bits per heavy atom. The molecule has 1 atom stereocenters. The van der Waals surface area contributed by atoms with Gasteiger partial charge in [0.2, 0.25) is 12.7 Å². The van der Waals surface area contributed by atoms with Gasteiger partial charge >= 0.3 is 0 Å². The number of hydrogen-bond donors (Lipinski definition) is 2. The highest BCUT2D eigenvalue weighted by Gasteiger charge is 2.38. The molecule has 0 saturated carbocycles. The first-order chi connectivity index (χ1) is 14.9. The minimum atomic E-state index is -0.727. The molecule has 2 aliphatic heterocycles. The molecule has 2 amide bonds. The molecule has 2 N–H and O–H groups in total. The van der Waals surface area contributed by atoms with Crippen LogP contribution in [0.25, 0.3) is 6.08 Å². The van der Waals surface area contributed by atoms with Crippen LogP contribution >= 0.6 is 24.0 Å². The van der Waals surface area contributed by atoms with E-state index in [1.807, 2.05) is 6.07 Å². The van der Waals surface area contributed by atoms with Gasteiger partial charge in [0.1, 0.15) is 16.1 Å². The van der Waals surface area contributed by atoms with Crippen LogP contribution in [0.5, 0.6) is 17.2 Å². The third-order valence-electron chi connectivity index (χ3n) is 4.93. The fraction of sp³-hybridized carbons (Fsp3) is 0.227. The van der Waals surface area contributed by atoms with Gasteiger partial charge in [-0.2, -0.15) is 0 Å². The summed E-state index contributed by atoms with van der Waals surface area (Å²) in [6.07, 6.45) is 2.35. The van der Waals surface area contributed by atoms with E-state index in [1.54, 1.807) is 49.4 Å². The lowest BCUT2D eigenvalue weighted by Gasteiger charge is -2.22. The van der Waals surface area contributed by atoms with Crippen molar-refractivity contribution in [1.29, 1.82) is 0 Å². The second kappa shape index (κ2) is 8.99. The molecule has 9 heteroatoms. The Balaban J connectivity index is 1.38. The number of aromatic hydroxyl groups is 1. The first-order valence-corrected chi connectivity index (χ1v) is 10.9. The van der Waals surface area contributed by atoms with Crippen molar-refractivity contribution in [3.05, 3.63) is 58.5 Å². The van der Waals surface area contributed by atoms with Crippen molar-refractivity contribution in [3.63, 3.8) is 0 Å². The van der Waals surface area contributed by atoms with Gasteiger partial charge in [-0.1, -0.05) is 42.2 Å². The number of thioether (sulfide) groups is 1. The van der Waals surface area contributed by atoms with Gasteiger partial charge in [-0.3, -0.25) is 14.5 Å². The number of benzene rings is 2. The Hall–Kier alpha value is -3.04. The molecule has 2 aliphatic rings. The van der Waals surface area contributed by atoms with E-state index in [0.717, 1.165) is 11.1 Å². The molecule has 0 aromatic heterocycles. The summed E-state index contributed by atoms with van der Waals surface area (Å²) in [7, 11) is 0. The third kappa shape index (κ3) is 4.67. The summed E-state index contributed by atoms with van der Waals surface area (Å²) in [5, 5.41) is 12.2. The van der Waals surface area contributed by atoms with Crippen molar-refractivity contribution >= 4 is 46.2 Å². The molecule has 2 aromatic carbocycles. The zero-order chi connectivity index (χ0) is 22.0. The fourth-order valence-electron chi connectivity index (χ4n) is 3.23. The van der Waals surface area contributed by atoms with E-state index in [2.05, 4.69) is 5.32 Å². The number of ether oxygens (including phenoxy) is 2. The Morgan fingerprint density at radius 3 is 2.77 bits per heavy atom. The molecule has 4 rings (SSSR count). The van der Waals surface area contributed by atoms with Crippen LogP contribution in [-0.4, -0.2) is 45.5 Å². The number of phenolic OH excluding ortho intramolecular Hbond substituents is 1. The van der Waals surface area contributed by atoms with Crippen molar-refractivity contribution in [2.75, 3.05) is 13.3 Å². The average Bonchev–Trinajstić information content (AvgIpc) is 3.32. The number of thiocarbonyl (C=S) groups is 1. The molecular formula is C22H20N2O5S2. The maximum atomic E-state index is 12.9. The third-order valence-corrected chi connectivity index (χ3v) is 6.26. The summed E-state index contributed by atoms with van der Waals surface area (Å²) in [5.41, 5.74) is 1.78. The Bertz CT molecular complexity index is 1070. The van der Waals surface area contributed by atoms with Gasteiger partial charge < -0.3 is 19.9 Å². The monoisotopic (exact) mass is 456 g/mol. The van der Waals surface area contributed by atoms with E-state index < -0.39 is 6.04 Å². The second-order valence-corrected chi connectivity index (χ2v) is 8.72. The van der Waals surface area contributed by atoms with Crippen molar-refractivity contribution < 1.29 is 24.2 Å². The standard InChI is InChI=1S/C22H20N2O5S2/c1-13(20(26)23-9-8-14-2-5-16(25)6-3-14)24-21(27)19(31-22(24)30)11-15-4-7-17-18(10-15)29-12-28-17/h2-7,10-11,13,25H,8-9,12H2,1H3,(H,23,26)/b19-11-/t13-/m1/s1. The normalized spacial score (nSPS) is 17.3. The molecule has 0 aliphatic carbocycles. The molecule has 7 nitrogen and oxygen atoms in total. The Morgan fingerprint density at radius 2 is 2.00 bits per heavy atom. The molecular weight excluding hydrogens is 436 g/mol. The van der Waals surface area contributed by atoms with Crippen LogP contribution in [0, 0.1) is 0 Å². The quantitative estimate of drug-likeness (QED) is 0.510. The van der Waals surface area contributed by atoms with E-state index in [-0.39, 0.29) is 24.4 Å². The van der Waals surface area contributed by atoms with E-state index in [4.69, 9.17) is 21.7 Å². The molecule has 0 radical (unpaired) electrons. The molecule has 2 heterocycles. The molecule has 1 saturated heterocycles. The highest BCUT2D eigenvalue weighted by molar-refractivity contribution is 8.26. The van der Waals surface area contributed by atoms with Crippen LogP contribution in [-0.2, 0) is 16.0 Å². The predicted octanol–water partition coefficient (Wildman–Crippen LogP) is 3.07. The van der Waals surface area contributed by atoms with Gasteiger partial charge in [0.25, 0.3) is 5.91 Å². The Labute approximate surface area is 189 Å². The first kappa shape index (κ1) is 21.2. The largest absolute Gasteiger partial charge is 0.508 e. The lowest BCUT2D eigenvalue weighted by Crippen LogP contribution is -2.47. The van der Waals surface area contributed by atoms with Crippen molar-refractivity contribution in [2.45, 2.75) is 19.4 Å². The summed E-state index contributed by atoms with van der Waals surface area (Å²) in [6, 6.07) is 11.5. The van der Waals surface area contributed by atoms with Gasteiger partial charge in [-0.05, 0) is 54.8 Å². The lowest BCUT2D eigenvalue weighted by atomic mass is 10.1. The predicted molar refractivity (Wildman–Crippen MR) is 122 cm³/mol. The van der Waals surface area contributed by atoms with Crippen molar-refractivity contribution in [1.82, 2.24) is 10.2 Å². The van der Waals surface area contributed by atoms with Gasteiger partial charge in [0, 0.05) is 6.54 Å². The number of fused-ring (bicyclic) bond motifs is 1. The molecule has 160 valence electrons. The average molecular weight is 457 g/mol. The van der Waals surface area contributed by atoms with Crippen LogP contribution in [0.3, 0.4) is 0 Å². The van der Waals surface area contributed by atoms with Crippen LogP contribution in [0.15, 0.2) is 47.4 Å². The number of hydrogen-bond acceptors (Lipinski definition) is 7. The lowest BCUT2D eigenvalue weighted by molar-refractivity contribution is -0.132. The topological polar surface area (TPSA) is 88.1 Å². The molecule has 31 heavy (non-hydrogen) atoms. The minimum Gasteiger partial charge on any atom is -0.508 e. The molecule has 2 aromatic rings. The number of amides is 2. The zero-order valence-corrected chi connectivity index (χ0v) is 18.3. The minimum absolute atomic E-state index is 0.181. The molecule has 0 spiro atoms. The van der Waals surface area contributed by atoms with Crippen molar-refractivity contribution in [2.24, 2.45) is 0 Å². The van der Waals surface area contributed by atoms with Crippen LogP contribution in [0.4, 0.5) is 0 Å². The van der Waals surface area contributed by atoms with Crippen LogP contribution < -0.4 is 14.8 Å². The summed E-state index contributed by atoms with van der Waals surface area (Å²) in [5.74, 6) is 0.922. The number of nitrogens with one attached hydrogen (secondary N) is 1. The fourth-order valence-corrected chi connectivity index (χ4v) is 4.64. The van der Waals surface area contributed by atoms with E-state index in [1.165, 1.54) is 16.7 Å². The number of carbonyl (C=O) groups is 2. The number of phenols is 1. The van der Waals surface area contributed by atoms with Gasteiger partial charge in [-0.15, -0.1) is 0 Å². The number of carbonyl (C=O) groups excluding carboxylic acids is 2. The summed E-state index contributed by atoms with van der Waals surface area (Å²) >= 11 is 6.54. The summed E-state index contributed by atoms with van der Waals surface area (Å²) in [6.45, 7) is 2.25. The highest BCUT2D eigenvalue weighted by atomic mass is 32.2. The second-order valence-electron chi connectivity index (χ2n) is 7.05. The number of nitrogens with zero attached hydrogens (tertiary/aromatic N) is 1. The first-order valence-electron chi connectivity index (χ1n) is 9.65. The van der Waals surface area contributed by atoms with Gasteiger partial charge in [0.15, 0.2) is 11.5 Å². The molecule has 0 unspecified atom stereocenters. The van der Waals surface area contributed by atoms with Crippen molar-refractivity contribution in [3.8, 4) is 17.2 Å². The SMILES string of the molecule is C[C@H](C(=O)NCCc1ccc(O)cc1)N1C(=O)/C(=C/c2ccc3c(c2)OCO3)SC1=S. The Kier molecular flexibility index (Phi) is 6.15. The van der Waals surface area contributed by atoms with Gasteiger partial charge in [-0.25, -0.2) is 0 Å². The highest BCUT2D eigenvalue weighted by Crippen LogP contribution is 2.37. The smallest absolute Gasteiger partial charge is 0.266 e. The van der Waals surface area contributed by atoms with E-state index in [0.29, 0.717) is 33.7 Å². The van der Waals surface area contributed by atoms with Gasteiger partial charge in [0.05, 0.1) is 4.91 Å². The summed E-state index contributed by atoms with van der Waals surface area (Å²) in [4.78, 5) is 27.3. The zero-order valence-electron chi connectivity index (χ0n) is 16.7. The molecule has 1 fully saturated rings. The van der Waals surface area contributed by atoms with E-state index in [9.17, 15) is 14.7 Å². The van der Waals surface area contributed by atoms with E-state index >= 15 is 0 Å². The number of rotatable bonds is 6. The summed E-state index contributed by atoms with van der Waals surface area (Å²) < 4.78 is 11.0. The maximum Gasteiger partial charge on any atom is 0.266 e. The molecule has 0 bridgehead atoms. The van der Waals surface area contributed by atoms with Crippen LogP contribution in [0.1, 0.15) is 18.1 Å². The van der Waals surface area contributed by atoms with Crippen LogP contribution in [0.2, 0.25) is 0 Å².